The van der Waals surface area contributed by atoms with Gasteiger partial charge in [-0.15, -0.1) is 11.3 Å². The molecule has 1 heterocycles. The molecule has 3 aromatic rings. The van der Waals surface area contributed by atoms with Crippen LogP contribution in [-0.2, 0) is 0 Å². The van der Waals surface area contributed by atoms with Crippen molar-refractivity contribution >= 4 is 11.3 Å². The highest BCUT2D eigenvalue weighted by Gasteiger charge is 2.10. The molecule has 0 fully saturated rings. The Morgan fingerprint density at radius 1 is 1.18 bits per heavy atom. The second kappa shape index (κ2) is 5.84. The average molecular weight is 312 g/mol. The highest BCUT2D eigenvalue weighted by molar-refractivity contribution is 7.13. The summed E-state index contributed by atoms with van der Waals surface area (Å²) in [5, 5.41) is 20.7. The number of rotatable bonds is 3. The van der Waals surface area contributed by atoms with E-state index in [1.165, 1.54) is 41.0 Å². The van der Waals surface area contributed by atoms with Crippen LogP contribution in [0.5, 0.6) is 17.4 Å². The normalized spacial score (nSPS) is 10.2. The Balaban J connectivity index is 1.92. The van der Waals surface area contributed by atoms with Gasteiger partial charge in [-0.2, -0.15) is 5.26 Å². The van der Waals surface area contributed by atoms with E-state index in [9.17, 15) is 14.8 Å². The molecule has 0 saturated heterocycles. The molecule has 0 amide bonds. The van der Waals surface area contributed by atoms with Gasteiger partial charge < -0.3 is 9.84 Å². The van der Waals surface area contributed by atoms with Crippen molar-refractivity contribution in [1.82, 2.24) is 4.98 Å². The third-order valence-electron chi connectivity index (χ3n) is 2.88. The van der Waals surface area contributed by atoms with E-state index in [4.69, 9.17) is 4.74 Å². The summed E-state index contributed by atoms with van der Waals surface area (Å²) in [5.41, 5.74) is 1.05. The smallest absolute Gasteiger partial charge is 0.222 e. The lowest BCUT2D eigenvalue weighted by molar-refractivity contribution is 0.458. The SMILES string of the molecule is N#Cc1cc(-c2nc(O)cs2)ccc1Oc1ccc(F)cc1. The van der Waals surface area contributed by atoms with Crippen molar-refractivity contribution in [3.05, 3.63) is 59.2 Å². The molecule has 108 valence electrons. The van der Waals surface area contributed by atoms with Crippen molar-refractivity contribution in [2.45, 2.75) is 0 Å². The Bertz CT molecular complexity index is 853. The van der Waals surface area contributed by atoms with E-state index in [1.54, 1.807) is 18.2 Å². The zero-order valence-electron chi connectivity index (χ0n) is 11.2. The largest absolute Gasteiger partial charge is 0.493 e. The molecule has 3 rings (SSSR count). The van der Waals surface area contributed by atoms with Gasteiger partial charge in [0.15, 0.2) is 0 Å². The van der Waals surface area contributed by atoms with Crippen molar-refractivity contribution < 1.29 is 14.2 Å². The molecule has 2 aromatic carbocycles. The van der Waals surface area contributed by atoms with E-state index >= 15 is 0 Å². The summed E-state index contributed by atoms with van der Waals surface area (Å²) in [5.74, 6) is 0.410. The summed E-state index contributed by atoms with van der Waals surface area (Å²) < 4.78 is 18.5. The minimum absolute atomic E-state index is 0.0508. The highest BCUT2D eigenvalue weighted by atomic mass is 32.1. The molecule has 4 nitrogen and oxygen atoms in total. The maximum absolute atomic E-state index is 12.9. The highest BCUT2D eigenvalue weighted by Crippen LogP contribution is 2.32. The molecule has 0 aliphatic rings. The van der Waals surface area contributed by atoms with Gasteiger partial charge in [0.2, 0.25) is 5.88 Å². The van der Waals surface area contributed by atoms with E-state index in [2.05, 4.69) is 11.1 Å². The topological polar surface area (TPSA) is 66.1 Å². The minimum atomic E-state index is -0.355. The molecule has 22 heavy (non-hydrogen) atoms. The molecule has 0 atom stereocenters. The Labute approximate surface area is 129 Å². The number of ether oxygens (including phenoxy) is 1. The predicted octanol–water partition coefficient (Wildman–Crippen LogP) is 4.32. The molecular weight excluding hydrogens is 303 g/mol. The number of aromatic nitrogens is 1. The third kappa shape index (κ3) is 2.90. The molecule has 0 aliphatic carbocycles. The summed E-state index contributed by atoms with van der Waals surface area (Å²) in [6.45, 7) is 0. The zero-order valence-corrected chi connectivity index (χ0v) is 12.0. The lowest BCUT2D eigenvalue weighted by Crippen LogP contribution is -1.89. The Morgan fingerprint density at radius 2 is 1.95 bits per heavy atom. The Kier molecular flexibility index (Phi) is 3.73. The van der Waals surface area contributed by atoms with Crippen LogP contribution in [0.3, 0.4) is 0 Å². The quantitative estimate of drug-likeness (QED) is 0.782. The summed E-state index contributed by atoms with van der Waals surface area (Å²) >= 11 is 1.28. The lowest BCUT2D eigenvalue weighted by Gasteiger charge is -2.08. The van der Waals surface area contributed by atoms with E-state index in [1.807, 2.05) is 0 Å². The van der Waals surface area contributed by atoms with E-state index < -0.39 is 0 Å². The molecular formula is C16H9FN2O2S. The van der Waals surface area contributed by atoms with Gasteiger partial charge in [0.25, 0.3) is 0 Å². The molecule has 0 unspecified atom stereocenters. The number of aromatic hydroxyl groups is 1. The molecule has 0 bridgehead atoms. The van der Waals surface area contributed by atoms with Gasteiger partial charge >= 0.3 is 0 Å². The predicted molar refractivity (Wildman–Crippen MR) is 80.4 cm³/mol. The fourth-order valence-corrected chi connectivity index (χ4v) is 2.55. The Morgan fingerprint density at radius 3 is 2.59 bits per heavy atom. The van der Waals surface area contributed by atoms with Crippen LogP contribution in [0.2, 0.25) is 0 Å². The van der Waals surface area contributed by atoms with Crippen LogP contribution in [0, 0.1) is 17.1 Å². The number of benzene rings is 2. The summed E-state index contributed by atoms with van der Waals surface area (Å²) in [4.78, 5) is 3.96. The average Bonchev–Trinajstić information content (AvgIpc) is 2.96. The number of thiazole rings is 1. The van der Waals surface area contributed by atoms with Crippen LogP contribution in [-0.4, -0.2) is 10.1 Å². The number of nitrogens with zero attached hydrogens (tertiary/aromatic N) is 2. The summed E-state index contributed by atoms with van der Waals surface area (Å²) in [7, 11) is 0. The third-order valence-corrected chi connectivity index (χ3v) is 3.76. The Hall–Kier alpha value is -2.91. The van der Waals surface area contributed by atoms with Crippen molar-refractivity contribution in [2.75, 3.05) is 0 Å². The maximum atomic E-state index is 12.9. The maximum Gasteiger partial charge on any atom is 0.222 e. The van der Waals surface area contributed by atoms with Gasteiger partial charge in [-0.05, 0) is 42.5 Å². The van der Waals surface area contributed by atoms with Gasteiger partial charge in [-0.1, -0.05) is 0 Å². The minimum Gasteiger partial charge on any atom is -0.493 e. The second-order valence-electron chi connectivity index (χ2n) is 4.39. The fraction of sp³-hybridized carbons (Fsp3) is 0. The molecule has 1 N–H and O–H groups in total. The van der Waals surface area contributed by atoms with Crippen LogP contribution >= 0.6 is 11.3 Å². The first-order valence-corrected chi connectivity index (χ1v) is 7.16. The van der Waals surface area contributed by atoms with E-state index in [0.29, 0.717) is 27.6 Å². The number of nitriles is 1. The first kappa shape index (κ1) is 14.0. The fourth-order valence-electron chi connectivity index (χ4n) is 1.87. The molecule has 1 aromatic heterocycles. The molecule has 0 aliphatic heterocycles. The van der Waals surface area contributed by atoms with Crippen LogP contribution < -0.4 is 4.74 Å². The van der Waals surface area contributed by atoms with Crippen molar-refractivity contribution in [3.8, 4) is 34.0 Å². The lowest BCUT2D eigenvalue weighted by atomic mass is 10.1. The monoisotopic (exact) mass is 312 g/mol. The van der Waals surface area contributed by atoms with E-state index in [0.717, 1.165) is 0 Å². The molecule has 0 spiro atoms. The van der Waals surface area contributed by atoms with Gasteiger partial charge in [-0.25, -0.2) is 9.37 Å². The second-order valence-corrected chi connectivity index (χ2v) is 5.25. The van der Waals surface area contributed by atoms with Gasteiger partial charge in [0.05, 0.1) is 10.9 Å². The standard InChI is InChI=1S/C16H9FN2O2S/c17-12-2-4-13(5-3-12)21-14-6-1-10(7-11(14)8-18)16-19-15(20)9-22-16/h1-7,9,20H. The van der Waals surface area contributed by atoms with Crippen LogP contribution in [0.1, 0.15) is 5.56 Å². The number of hydrogen-bond donors (Lipinski definition) is 1. The molecule has 0 saturated carbocycles. The van der Waals surface area contributed by atoms with Crippen molar-refractivity contribution in [1.29, 1.82) is 5.26 Å². The summed E-state index contributed by atoms with van der Waals surface area (Å²) in [6.07, 6.45) is 0. The van der Waals surface area contributed by atoms with Crippen molar-refractivity contribution in [3.63, 3.8) is 0 Å². The van der Waals surface area contributed by atoms with Crippen LogP contribution in [0.25, 0.3) is 10.6 Å². The zero-order chi connectivity index (χ0) is 15.5. The van der Waals surface area contributed by atoms with Gasteiger partial charge in [0.1, 0.15) is 28.4 Å². The number of hydrogen-bond acceptors (Lipinski definition) is 5. The van der Waals surface area contributed by atoms with Crippen LogP contribution in [0.4, 0.5) is 4.39 Å². The van der Waals surface area contributed by atoms with Crippen LogP contribution in [0.15, 0.2) is 47.8 Å². The molecule has 6 heteroatoms. The first-order valence-electron chi connectivity index (χ1n) is 6.28. The summed E-state index contributed by atoms with van der Waals surface area (Å²) in [6, 6.07) is 12.6. The van der Waals surface area contributed by atoms with Crippen molar-refractivity contribution in [2.24, 2.45) is 0 Å². The van der Waals surface area contributed by atoms with Gasteiger partial charge in [-0.3, -0.25) is 0 Å². The molecule has 0 radical (unpaired) electrons. The van der Waals surface area contributed by atoms with Gasteiger partial charge in [0, 0.05) is 5.56 Å². The first-order chi connectivity index (χ1) is 10.7. The number of halogens is 1. The van der Waals surface area contributed by atoms with E-state index in [-0.39, 0.29) is 11.7 Å².